The third-order valence-corrected chi connectivity index (χ3v) is 3.44. The molecule has 23 heavy (non-hydrogen) atoms. The topological polar surface area (TPSA) is 149 Å². The van der Waals surface area contributed by atoms with E-state index >= 15 is 0 Å². The number of aliphatic carboxylic acids is 2. The fraction of sp³-hybridized carbons (Fsp3) is 0.231. The van der Waals surface area contributed by atoms with Crippen LogP contribution in [0, 0.1) is 0 Å². The van der Waals surface area contributed by atoms with E-state index < -0.39 is 33.7 Å². The Labute approximate surface area is 155 Å². The van der Waals surface area contributed by atoms with E-state index in [1.807, 2.05) is 18.2 Å². The molecule has 1 unspecified atom stereocenters. The minimum atomic E-state index is -4.84. The summed E-state index contributed by atoms with van der Waals surface area (Å²) in [6.07, 6.45) is 1.34. The molecule has 1 aromatic rings. The summed E-state index contributed by atoms with van der Waals surface area (Å²) in [6.45, 7) is 3.59. The van der Waals surface area contributed by atoms with E-state index in [1.54, 1.807) is 12.1 Å². The van der Waals surface area contributed by atoms with Crippen molar-refractivity contribution in [2.24, 2.45) is 0 Å². The number of carbonyl (C=O) groups is 2. The Hall–Kier alpha value is -1.39. The van der Waals surface area contributed by atoms with Gasteiger partial charge in [0.15, 0.2) is 5.25 Å². The molecule has 1 atom stereocenters. The molecule has 10 heteroatoms. The fourth-order valence-electron chi connectivity index (χ4n) is 1.32. The molecule has 1 rings (SSSR count). The fourth-order valence-corrected chi connectivity index (χ4v) is 1.93. The van der Waals surface area contributed by atoms with E-state index in [0.29, 0.717) is 5.75 Å². The number of para-hydroxylation sites is 1. The summed E-state index contributed by atoms with van der Waals surface area (Å²) in [4.78, 5) is 20.0. The van der Waals surface area contributed by atoms with Gasteiger partial charge in [-0.25, -0.2) is 0 Å². The third-order valence-electron chi connectivity index (χ3n) is 2.35. The van der Waals surface area contributed by atoms with Gasteiger partial charge in [0.25, 0.3) is 10.1 Å². The van der Waals surface area contributed by atoms with Crippen LogP contribution in [0.1, 0.15) is 12.0 Å². The Bertz CT molecular complexity index is 641. The van der Waals surface area contributed by atoms with Gasteiger partial charge in [0.05, 0.1) is 6.42 Å². The van der Waals surface area contributed by atoms with Gasteiger partial charge in [-0.05, 0) is 18.1 Å². The van der Waals surface area contributed by atoms with E-state index in [0.717, 1.165) is 12.0 Å². The molecule has 0 heterocycles. The minimum absolute atomic E-state index is 0. The number of hydrogen-bond donors (Lipinski definition) is 4. The van der Waals surface area contributed by atoms with Gasteiger partial charge in [-0.3, -0.25) is 14.1 Å². The first-order valence-electron chi connectivity index (χ1n) is 5.88. The SMILES string of the molecule is C=CCc1ccccc1O.O=C(O)CC(C(=O)O)S(=O)(=O)O.[NaH]. The molecule has 0 fully saturated rings. The van der Waals surface area contributed by atoms with E-state index in [4.69, 9.17) is 14.8 Å². The zero-order valence-electron chi connectivity index (χ0n) is 11.4. The van der Waals surface area contributed by atoms with Crippen LogP contribution in [-0.4, -0.2) is 75.0 Å². The summed E-state index contributed by atoms with van der Waals surface area (Å²) in [5.74, 6) is -3.15. The number of phenolic OH excluding ortho intramolecular Hbond substituents is 1. The Morgan fingerprint density at radius 2 is 1.74 bits per heavy atom. The summed E-state index contributed by atoms with van der Waals surface area (Å²) in [5, 5.41) is 23.1. The molecule has 0 bridgehead atoms. The molecule has 0 amide bonds. The molecule has 1 aromatic carbocycles. The van der Waals surface area contributed by atoms with Gasteiger partial charge in [-0.15, -0.1) is 6.58 Å². The van der Waals surface area contributed by atoms with Crippen molar-refractivity contribution >= 4 is 51.6 Å². The Balaban J connectivity index is 0. The van der Waals surface area contributed by atoms with E-state index in [1.165, 1.54) is 0 Å². The van der Waals surface area contributed by atoms with Crippen molar-refractivity contribution < 1.29 is 37.9 Å². The number of carboxylic acids is 2. The molecule has 0 saturated carbocycles. The summed E-state index contributed by atoms with van der Waals surface area (Å²) >= 11 is 0. The van der Waals surface area contributed by atoms with Crippen LogP contribution in [0.25, 0.3) is 0 Å². The average Bonchev–Trinajstić information content (AvgIpc) is 2.38. The van der Waals surface area contributed by atoms with Crippen molar-refractivity contribution in [2.45, 2.75) is 18.1 Å². The molecule has 8 nitrogen and oxygen atoms in total. The first-order chi connectivity index (χ1) is 10.1. The molecule has 0 radical (unpaired) electrons. The van der Waals surface area contributed by atoms with Gasteiger partial charge in [0, 0.05) is 0 Å². The zero-order valence-corrected chi connectivity index (χ0v) is 12.2. The predicted molar refractivity (Wildman–Crippen MR) is 84.4 cm³/mol. The summed E-state index contributed by atoms with van der Waals surface area (Å²) in [5.41, 5.74) is 0.928. The number of hydrogen-bond acceptors (Lipinski definition) is 5. The van der Waals surface area contributed by atoms with Crippen LogP contribution < -0.4 is 0 Å². The van der Waals surface area contributed by atoms with Gasteiger partial charge in [0.1, 0.15) is 5.75 Å². The molecular weight excluding hydrogens is 339 g/mol. The van der Waals surface area contributed by atoms with E-state index in [-0.39, 0.29) is 29.6 Å². The van der Waals surface area contributed by atoms with Crippen molar-refractivity contribution in [2.75, 3.05) is 0 Å². The second kappa shape index (κ2) is 11.2. The van der Waals surface area contributed by atoms with Gasteiger partial charge in [-0.1, -0.05) is 24.3 Å². The van der Waals surface area contributed by atoms with Gasteiger partial charge in [0.2, 0.25) is 0 Å². The summed E-state index contributed by atoms with van der Waals surface area (Å²) in [7, 11) is -4.84. The van der Waals surface area contributed by atoms with Crippen LogP contribution in [0.15, 0.2) is 36.9 Å². The monoisotopic (exact) mass is 356 g/mol. The van der Waals surface area contributed by atoms with E-state index in [2.05, 4.69) is 6.58 Å². The first kappa shape index (κ1) is 23.9. The summed E-state index contributed by atoms with van der Waals surface area (Å²) in [6, 6.07) is 7.27. The van der Waals surface area contributed by atoms with Crippen LogP contribution in [0.3, 0.4) is 0 Å². The third kappa shape index (κ3) is 10.1. The predicted octanol–water partition coefficient (Wildman–Crippen LogP) is 0.274. The van der Waals surface area contributed by atoms with Crippen molar-refractivity contribution in [3.05, 3.63) is 42.5 Å². The molecule has 0 aliphatic carbocycles. The normalized spacial score (nSPS) is 11.2. The van der Waals surface area contributed by atoms with E-state index in [9.17, 15) is 23.1 Å². The van der Waals surface area contributed by atoms with Gasteiger partial charge in [-0.2, -0.15) is 8.42 Å². The average molecular weight is 356 g/mol. The second-order valence-electron chi connectivity index (χ2n) is 4.06. The number of allylic oxidation sites excluding steroid dienone is 1. The molecule has 0 aliphatic heterocycles. The summed E-state index contributed by atoms with van der Waals surface area (Å²) < 4.78 is 28.7. The number of rotatable bonds is 6. The molecule has 4 N–H and O–H groups in total. The number of aromatic hydroxyl groups is 1. The molecule has 0 aromatic heterocycles. The van der Waals surface area contributed by atoms with Crippen molar-refractivity contribution in [1.29, 1.82) is 0 Å². The second-order valence-corrected chi connectivity index (χ2v) is 5.66. The standard InChI is InChI=1S/C9H10O.C4H6O7S.Na.H/c1-2-5-8-6-3-4-7-9(8)10;5-3(6)1-2(4(7)8)12(9,10)11;;/h2-4,6-7,10H,1,5H2;2H,1H2,(H,5,6)(H,7,8)(H,9,10,11);;. The Morgan fingerprint density at radius 3 is 2.04 bits per heavy atom. The molecule has 0 spiro atoms. The van der Waals surface area contributed by atoms with Crippen molar-refractivity contribution in [3.8, 4) is 5.75 Å². The van der Waals surface area contributed by atoms with Crippen LogP contribution in [-0.2, 0) is 26.1 Å². The molecular formula is C13H17NaO8S. The zero-order chi connectivity index (χ0) is 17.3. The van der Waals surface area contributed by atoms with Gasteiger partial charge >= 0.3 is 41.5 Å². The Kier molecular flexibility index (Phi) is 11.6. The van der Waals surface area contributed by atoms with Crippen LogP contribution in [0.5, 0.6) is 5.75 Å². The van der Waals surface area contributed by atoms with Crippen LogP contribution in [0.4, 0.5) is 0 Å². The molecule has 124 valence electrons. The number of phenols is 1. The van der Waals surface area contributed by atoms with Crippen molar-refractivity contribution in [3.63, 3.8) is 0 Å². The first-order valence-corrected chi connectivity index (χ1v) is 7.38. The van der Waals surface area contributed by atoms with Crippen LogP contribution >= 0.6 is 0 Å². The molecule has 0 saturated heterocycles. The molecule has 0 aliphatic rings. The number of benzene rings is 1. The quantitative estimate of drug-likeness (QED) is 0.322. The van der Waals surface area contributed by atoms with Crippen molar-refractivity contribution in [1.82, 2.24) is 0 Å². The van der Waals surface area contributed by atoms with Crippen LogP contribution in [0.2, 0.25) is 0 Å². The van der Waals surface area contributed by atoms with Gasteiger partial charge < -0.3 is 15.3 Å². The maximum absolute atomic E-state index is 10.2. The Morgan fingerprint density at radius 1 is 1.22 bits per heavy atom. The number of carboxylic acid groups (broad SMARTS) is 2. The maximum atomic E-state index is 10.2.